The van der Waals surface area contributed by atoms with Crippen molar-refractivity contribution in [1.82, 2.24) is 10.3 Å². The summed E-state index contributed by atoms with van der Waals surface area (Å²) in [4.78, 5) is 15.5. The van der Waals surface area contributed by atoms with Crippen LogP contribution in [-0.4, -0.2) is 23.9 Å². The van der Waals surface area contributed by atoms with Crippen molar-refractivity contribution >= 4 is 5.78 Å². The van der Waals surface area contributed by atoms with E-state index in [9.17, 15) is 4.79 Å². The van der Waals surface area contributed by atoms with Crippen LogP contribution in [-0.2, 0) is 0 Å². The van der Waals surface area contributed by atoms with Crippen molar-refractivity contribution in [3.05, 3.63) is 42.2 Å². The van der Waals surface area contributed by atoms with Crippen molar-refractivity contribution in [1.29, 1.82) is 0 Å². The highest BCUT2D eigenvalue weighted by Crippen LogP contribution is 2.04. The van der Waals surface area contributed by atoms with Gasteiger partial charge in [-0.1, -0.05) is 6.08 Å². The standard InChI is InChI=1S/C11H14N2O/c1-3-5-12-8-11(14)10-7-13-6-4-9(10)2/h3-4,6-7,12H,1,5,8H2,2H3. The van der Waals surface area contributed by atoms with Crippen LogP contribution in [0.1, 0.15) is 15.9 Å². The lowest BCUT2D eigenvalue weighted by Crippen LogP contribution is -2.23. The first-order valence-electron chi connectivity index (χ1n) is 4.51. The number of carbonyl (C=O) groups is 1. The Bertz CT molecular complexity index is 334. The van der Waals surface area contributed by atoms with E-state index in [1.165, 1.54) is 0 Å². The summed E-state index contributed by atoms with van der Waals surface area (Å²) in [5, 5.41) is 2.97. The van der Waals surface area contributed by atoms with Gasteiger partial charge in [-0.15, -0.1) is 6.58 Å². The minimum absolute atomic E-state index is 0.0671. The van der Waals surface area contributed by atoms with E-state index < -0.39 is 0 Å². The SMILES string of the molecule is C=CCNCC(=O)c1cnccc1C. The number of ketones is 1. The number of pyridine rings is 1. The van der Waals surface area contributed by atoms with Crippen LogP contribution in [0, 0.1) is 6.92 Å². The van der Waals surface area contributed by atoms with E-state index in [-0.39, 0.29) is 5.78 Å². The lowest BCUT2D eigenvalue weighted by molar-refractivity contribution is 0.0991. The van der Waals surface area contributed by atoms with Gasteiger partial charge in [0, 0.05) is 24.5 Å². The molecule has 0 spiro atoms. The van der Waals surface area contributed by atoms with Crippen LogP contribution in [0.15, 0.2) is 31.1 Å². The second-order valence-corrected chi connectivity index (χ2v) is 3.03. The van der Waals surface area contributed by atoms with Crippen molar-refractivity contribution in [3.8, 4) is 0 Å². The van der Waals surface area contributed by atoms with Crippen LogP contribution >= 0.6 is 0 Å². The fourth-order valence-electron chi connectivity index (χ4n) is 1.14. The summed E-state index contributed by atoms with van der Waals surface area (Å²) in [5.41, 5.74) is 1.65. The monoisotopic (exact) mass is 190 g/mol. The number of nitrogens with zero attached hydrogens (tertiary/aromatic N) is 1. The molecule has 0 aliphatic rings. The number of rotatable bonds is 5. The Kier molecular flexibility index (Phi) is 4.01. The summed E-state index contributed by atoms with van der Waals surface area (Å²) in [6.07, 6.45) is 5.01. The van der Waals surface area contributed by atoms with Crippen LogP contribution in [0.2, 0.25) is 0 Å². The first-order valence-corrected chi connectivity index (χ1v) is 4.51. The number of aryl methyl sites for hydroxylation is 1. The van der Waals surface area contributed by atoms with Gasteiger partial charge < -0.3 is 5.32 Å². The van der Waals surface area contributed by atoms with Crippen molar-refractivity contribution < 1.29 is 4.79 Å². The van der Waals surface area contributed by atoms with E-state index in [4.69, 9.17) is 0 Å². The van der Waals surface area contributed by atoms with E-state index in [2.05, 4.69) is 16.9 Å². The zero-order valence-electron chi connectivity index (χ0n) is 8.29. The van der Waals surface area contributed by atoms with Gasteiger partial charge in [0.25, 0.3) is 0 Å². The van der Waals surface area contributed by atoms with Gasteiger partial charge in [0.1, 0.15) is 0 Å². The van der Waals surface area contributed by atoms with E-state index >= 15 is 0 Å². The minimum atomic E-state index is 0.0671. The molecule has 0 fully saturated rings. The maximum Gasteiger partial charge on any atom is 0.178 e. The van der Waals surface area contributed by atoms with Gasteiger partial charge in [-0.05, 0) is 18.6 Å². The third-order valence-electron chi connectivity index (χ3n) is 1.91. The van der Waals surface area contributed by atoms with Crippen molar-refractivity contribution in [2.75, 3.05) is 13.1 Å². The first kappa shape index (κ1) is 10.6. The molecule has 0 atom stereocenters. The fourth-order valence-corrected chi connectivity index (χ4v) is 1.14. The molecule has 0 bridgehead atoms. The molecule has 0 saturated carbocycles. The molecular weight excluding hydrogens is 176 g/mol. The van der Waals surface area contributed by atoms with Crippen LogP contribution in [0.5, 0.6) is 0 Å². The molecule has 1 aromatic heterocycles. The molecule has 0 unspecified atom stereocenters. The van der Waals surface area contributed by atoms with Gasteiger partial charge in [-0.3, -0.25) is 9.78 Å². The Labute approximate surface area is 83.9 Å². The molecule has 0 amide bonds. The molecule has 74 valence electrons. The van der Waals surface area contributed by atoms with Gasteiger partial charge in [0.2, 0.25) is 0 Å². The molecule has 0 aromatic carbocycles. The Morgan fingerprint density at radius 2 is 2.50 bits per heavy atom. The van der Waals surface area contributed by atoms with E-state index in [1.54, 1.807) is 18.5 Å². The fraction of sp³-hybridized carbons (Fsp3) is 0.273. The van der Waals surface area contributed by atoms with E-state index in [1.807, 2.05) is 13.0 Å². The normalized spacial score (nSPS) is 9.79. The molecule has 0 aliphatic heterocycles. The topological polar surface area (TPSA) is 42.0 Å². The predicted octanol–water partition coefficient (Wildman–Crippen LogP) is 1.35. The third-order valence-corrected chi connectivity index (χ3v) is 1.91. The maximum absolute atomic E-state index is 11.6. The smallest absolute Gasteiger partial charge is 0.178 e. The van der Waals surface area contributed by atoms with Crippen LogP contribution in [0.25, 0.3) is 0 Å². The summed E-state index contributed by atoms with van der Waals surface area (Å²) in [5.74, 6) is 0.0671. The molecule has 1 N–H and O–H groups in total. The lowest BCUT2D eigenvalue weighted by atomic mass is 10.1. The van der Waals surface area contributed by atoms with Gasteiger partial charge in [0.15, 0.2) is 5.78 Å². The van der Waals surface area contributed by atoms with Crippen LogP contribution < -0.4 is 5.32 Å². The molecule has 3 heteroatoms. The molecule has 1 aromatic rings. The number of Topliss-reactive ketones (excluding diaryl/α,β-unsaturated/α-hetero) is 1. The number of hydrogen-bond donors (Lipinski definition) is 1. The summed E-state index contributed by atoms with van der Waals surface area (Å²) < 4.78 is 0. The number of aromatic nitrogens is 1. The van der Waals surface area contributed by atoms with Crippen molar-refractivity contribution in [2.45, 2.75) is 6.92 Å². The van der Waals surface area contributed by atoms with Crippen molar-refractivity contribution in [3.63, 3.8) is 0 Å². The Hall–Kier alpha value is -1.48. The van der Waals surface area contributed by atoms with E-state index in [0.29, 0.717) is 18.7 Å². The second-order valence-electron chi connectivity index (χ2n) is 3.03. The van der Waals surface area contributed by atoms with Crippen LogP contribution in [0.4, 0.5) is 0 Å². The molecule has 14 heavy (non-hydrogen) atoms. The molecule has 3 nitrogen and oxygen atoms in total. The average molecular weight is 190 g/mol. The summed E-state index contributed by atoms with van der Waals surface area (Å²) >= 11 is 0. The summed E-state index contributed by atoms with van der Waals surface area (Å²) in [6.45, 7) is 6.44. The van der Waals surface area contributed by atoms with Gasteiger partial charge in [0.05, 0.1) is 6.54 Å². The highest BCUT2D eigenvalue weighted by atomic mass is 16.1. The van der Waals surface area contributed by atoms with E-state index in [0.717, 1.165) is 5.56 Å². The first-order chi connectivity index (χ1) is 6.75. The Balaban J connectivity index is 2.60. The minimum Gasteiger partial charge on any atom is -0.306 e. The summed E-state index contributed by atoms with van der Waals surface area (Å²) in [7, 11) is 0. The molecule has 0 saturated heterocycles. The Morgan fingerprint density at radius 1 is 1.71 bits per heavy atom. The second kappa shape index (κ2) is 5.29. The largest absolute Gasteiger partial charge is 0.306 e. The Morgan fingerprint density at radius 3 is 3.14 bits per heavy atom. The van der Waals surface area contributed by atoms with Gasteiger partial charge >= 0.3 is 0 Å². The molecule has 1 heterocycles. The van der Waals surface area contributed by atoms with Crippen LogP contribution in [0.3, 0.4) is 0 Å². The lowest BCUT2D eigenvalue weighted by Gasteiger charge is -2.03. The molecule has 0 aliphatic carbocycles. The molecule has 1 rings (SSSR count). The van der Waals surface area contributed by atoms with Gasteiger partial charge in [-0.25, -0.2) is 0 Å². The maximum atomic E-state index is 11.6. The number of carbonyl (C=O) groups excluding carboxylic acids is 1. The van der Waals surface area contributed by atoms with Crippen molar-refractivity contribution in [2.24, 2.45) is 0 Å². The third kappa shape index (κ3) is 2.78. The molecule has 0 radical (unpaired) electrons. The predicted molar refractivity (Wildman–Crippen MR) is 56.4 cm³/mol. The highest BCUT2D eigenvalue weighted by Gasteiger charge is 2.07. The highest BCUT2D eigenvalue weighted by molar-refractivity contribution is 5.98. The zero-order valence-corrected chi connectivity index (χ0v) is 8.29. The zero-order chi connectivity index (χ0) is 10.4. The quantitative estimate of drug-likeness (QED) is 0.433. The number of nitrogens with one attached hydrogen (secondary N) is 1. The number of hydrogen-bond acceptors (Lipinski definition) is 3. The average Bonchev–Trinajstić information content (AvgIpc) is 2.18. The van der Waals surface area contributed by atoms with Gasteiger partial charge in [-0.2, -0.15) is 0 Å². The molecular formula is C11H14N2O. The summed E-state index contributed by atoms with van der Waals surface area (Å²) in [6, 6.07) is 1.83.